The quantitative estimate of drug-likeness (QED) is 0.721. The van der Waals surface area contributed by atoms with E-state index in [1.807, 2.05) is 0 Å². The average molecular weight is 211 g/mol. The molecule has 2 saturated carbocycles. The number of ether oxygens (including phenoxy) is 1. The van der Waals surface area contributed by atoms with Crippen molar-refractivity contribution < 1.29 is 4.74 Å². The van der Waals surface area contributed by atoms with Gasteiger partial charge in [-0.3, -0.25) is 0 Å². The third-order valence-electron chi connectivity index (χ3n) is 4.24. The Hall–Kier alpha value is -0.0800. The third kappa shape index (κ3) is 2.94. The van der Waals surface area contributed by atoms with Crippen molar-refractivity contribution in [3.8, 4) is 0 Å². The summed E-state index contributed by atoms with van der Waals surface area (Å²) in [7, 11) is 1.78. The molecule has 0 radical (unpaired) electrons. The first-order chi connectivity index (χ1) is 7.29. The maximum absolute atomic E-state index is 5.10. The molecule has 0 amide bonds. The van der Waals surface area contributed by atoms with Crippen molar-refractivity contribution in [1.29, 1.82) is 0 Å². The van der Waals surface area contributed by atoms with Crippen LogP contribution >= 0.6 is 0 Å². The van der Waals surface area contributed by atoms with Gasteiger partial charge in [-0.25, -0.2) is 0 Å². The molecule has 2 bridgehead atoms. The van der Waals surface area contributed by atoms with E-state index in [9.17, 15) is 0 Å². The second kappa shape index (κ2) is 5.31. The summed E-state index contributed by atoms with van der Waals surface area (Å²) in [5.41, 5.74) is 0. The molecule has 4 atom stereocenters. The lowest BCUT2D eigenvalue weighted by Gasteiger charge is -2.43. The zero-order chi connectivity index (χ0) is 10.7. The van der Waals surface area contributed by atoms with Crippen molar-refractivity contribution in [3.05, 3.63) is 0 Å². The maximum atomic E-state index is 5.10. The molecule has 0 aromatic rings. The van der Waals surface area contributed by atoms with Gasteiger partial charge in [-0.2, -0.15) is 0 Å². The molecule has 2 aliphatic carbocycles. The third-order valence-corrected chi connectivity index (χ3v) is 4.24. The first kappa shape index (κ1) is 11.4. The molecular formula is C13H25NO. The predicted octanol–water partition coefficient (Wildman–Crippen LogP) is 2.44. The molecule has 2 rings (SSSR count). The van der Waals surface area contributed by atoms with Crippen molar-refractivity contribution in [3.63, 3.8) is 0 Å². The molecule has 0 saturated heterocycles. The van der Waals surface area contributed by atoms with Crippen LogP contribution in [0.1, 0.15) is 39.0 Å². The van der Waals surface area contributed by atoms with E-state index < -0.39 is 0 Å². The Morgan fingerprint density at radius 1 is 1.20 bits per heavy atom. The van der Waals surface area contributed by atoms with Gasteiger partial charge in [-0.1, -0.05) is 6.92 Å². The minimum absolute atomic E-state index is 0.777. The van der Waals surface area contributed by atoms with Crippen molar-refractivity contribution in [2.75, 3.05) is 20.3 Å². The highest BCUT2D eigenvalue weighted by molar-refractivity contribution is 4.89. The lowest BCUT2D eigenvalue weighted by atomic mass is 9.66. The number of nitrogens with one attached hydrogen (secondary N) is 1. The Kier molecular flexibility index (Phi) is 4.04. The lowest BCUT2D eigenvalue weighted by molar-refractivity contribution is 0.103. The summed E-state index contributed by atoms with van der Waals surface area (Å²) in [6, 6.07) is 0.777. The summed E-state index contributed by atoms with van der Waals surface area (Å²) in [6.45, 7) is 4.30. The molecule has 0 aromatic heterocycles. The average Bonchev–Trinajstić information content (AvgIpc) is 2.21. The van der Waals surface area contributed by atoms with Gasteiger partial charge in [-0.05, 0) is 49.9 Å². The normalized spacial score (nSPS) is 40.4. The number of hydrogen-bond donors (Lipinski definition) is 1. The molecule has 2 aliphatic rings. The zero-order valence-electron chi connectivity index (χ0n) is 10.2. The Labute approximate surface area is 93.8 Å². The topological polar surface area (TPSA) is 21.3 Å². The Morgan fingerprint density at radius 2 is 2.07 bits per heavy atom. The van der Waals surface area contributed by atoms with Crippen LogP contribution in [0.4, 0.5) is 0 Å². The van der Waals surface area contributed by atoms with Gasteiger partial charge in [0.2, 0.25) is 0 Å². The minimum Gasteiger partial charge on any atom is -0.383 e. The van der Waals surface area contributed by atoms with Gasteiger partial charge in [0.25, 0.3) is 0 Å². The maximum Gasteiger partial charge on any atom is 0.0587 e. The van der Waals surface area contributed by atoms with E-state index in [4.69, 9.17) is 4.74 Å². The highest BCUT2D eigenvalue weighted by Crippen LogP contribution is 2.42. The van der Waals surface area contributed by atoms with Crippen LogP contribution in [0.3, 0.4) is 0 Å². The van der Waals surface area contributed by atoms with Gasteiger partial charge >= 0.3 is 0 Å². The summed E-state index contributed by atoms with van der Waals surface area (Å²) in [5, 5.41) is 3.67. The smallest absolute Gasteiger partial charge is 0.0587 e. The van der Waals surface area contributed by atoms with Gasteiger partial charge in [0.1, 0.15) is 0 Å². The number of rotatable bonds is 4. The van der Waals surface area contributed by atoms with E-state index in [1.54, 1.807) is 7.11 Å². The van der Waals surface area contributed by atoms with Gasteiger partial charge in [0.15, 0.2) is 0 Å². The van der Waals surface area contributed by atoms with Crippen LogP contribution in [0.5, 0.6) is 0 Å². The largest absolute Gasteiger partial charge is 0.383 e. The molecule has 0 aliphatic heterocycles. The van der Waals surface area contributed by atoms with Crippen molar-refractivity contribution in [2.24, 2.45) is 17.8 Å². The molecule has 1 N–H and O–H groups in total. The summed E-state index contributed by atoms with van der Waals surface area (Å²) in [6.07, 6.45) is 7.26. The van der Waals surface area contributed by atoms with E-state index in [1.165, 1.54) is 32.1 Å². The molecule has 0 spiro atoms. The Balaban J connectivity index is 1.80. The predicted molar refractivity (Wildman–Crippen MR) is 62.9 cm³/mol. The number of methoxy groups -OCH3 is 1. The van der Waals surface area contributed by atoms with E-state index in [-0.39, 0.29) is 0 Å². The standard InChI is InChI=1S/C13H25NO/c1-10-7-11-3-4-13(12(8-10)9-11)14-5-6-15-2/h10-14H,3-9H2,1-2H3. The molecular weight excluding hydrogens is 186 g/mol. The minimum atomic E-state index is 0.777. The zero-order valence-corrected chi connectivity index (χ0v) is 10.2. The second-order valence-corrected chi connectivity index (χ2v) is 5.57. The van der Waals surface area contributed by atoms with Crippen molar-refractivity contribution in [2.45, 2.75) is 45.1 Å². The lowest BCUT2D eigenvalue weighted by Crippen LogP contribution is -2.44. The molecule has 0 aromatic carbocycles. The first-order valence-electron chi connectivity index (χ1n) is 6.52. The second-order valence-electron chi connectivity index (χ2n) is 5.57. The van der Waals surface area contributed by atoms with E-state index in [0.29, 0.717) is 0 Å². The Morgan fingerprint density at radius 3 is 2.87 bits per heavy atom. The van der Waals surface area contributed by atoms with Crippen LogP contribution < -0.4 is 5.32 Å². The van der Waals surface area contributed by atoms with Crippen molar-refractivity contribution in [1.82, 2.24) is 5.32 Å². The van der Waals surface area contributed by atoms with Gasteiger partial charge in [0, 0.05) is 19.7 Å². The fourth-order valence-electron chi connectivity index (χ4n) is 3.63. The van der Waals surface area contributed by atoms with Crippen LogP contribution in [0, 0.1) is 17.8 Å². The monoisotopic (exact) mass is 211 g/mol. The molecule has 15 heavy (non-hydrogen) atoms. The summed E-state index contributed by atoms with van der Waals surface area (Å²) < 4.78 is 5.10. The number of hydrogen-bond acceptors (Lipinski definition) is 2. The fourth-order valence-corrected chi connectivity index (χ4v) is 3.63. The molecule has 88 valence electrons. The summed E-state index contributed by atoms with van der Waals surface area (Å²) in [4.78, 5) is 0. The molecule has 2 nitrogen and oxygen atoms in total. The highest BCUT2D eigenvalue weighted by Gasteiger charge is 2.35. The van der Waals surface area contributed by atoms with Gasteiger partial charge in [-0.15, -0.1) is 0 Å². The Bertz CT molecular complexity index is 193. The SMILES string of the molecule is COCCNC1CCC2CC(C)CC1C2. The highest BCUT2D eigenvalue weighted by atomic mass is 16.5. The molecule has 0 heterocycles. The summed E-state index contributed by atoms with van der Waals surface area (Å²) >= 11 is 0. The van der Waals surface area contributed by atoms with Gasteiger partial charge < -0.3 is 10.1 Å². The summed E-state index contributed by atoms with van der Waals surface area (Å²) in [5.74, 6) is 2.95. The van der Waals surface area contributed by atoms with Crippen LogP contribution in [-0.2, 0) is 4.74 Å². The van der Waals surface area contributed by atoms with E-state index >= 15 is 0 Å². The molecule has 4 unspecified atom stereocenters. The van der Waals surface area contributed by atoms with Gasteiger partial charge in [0.05, 0.1) is 6.61 Å². The fraction of sp³-hybridized carbons (Fsp3) is 1.00. The number of fused-ring (bicyclic) bond motifs is 2. The van der Waals surface area contributed by atoms with Crippen LogP contribution in [-0.4, -0.2) is 26.3 Å². The molecule has 2 fully saturated rings. The van der Waals surface area contributed by atoms with E-state index in [0.717, 1.165) is 36.9 Å². The first-order valence-corrected chi connectivity index (χ1v) is 6.52. The van der Waals surface area contributed by atoms with E-state index in [2.05, 4.69) is 12.2 Å². The van der Waals surface area contributed by atoms with Crippen LogP contribution in [0.15, 0.2) is 0 Å². The van der Waals surface area contributed by atoms with Crippen LogP contribution in [0.25, 0.3) is 0 Å². The van der Waals surface area contributed by atoms with Crippen LogP contribution in [0.2, 0.25) is 0 Å². The molecule has 2 heteroatoms. The van der Waals surface area contributed by atoms with Crippen molar-refractivity contribution >= 4 is 0 Å².